The van der Waals surface area contributed by atoms with Crippen molar-refractivity contribution in [1.29, 1.82) is 0 Å². The number of nitrogens with two attached hydrogens (primary N) is 1. The van der Waals surface area contributed by atoms with Gasteiger partial charge in [0.25, 0.3) is 0 Å². The summed E-state index contributed by atoms with van der Waals surface area (Å²) in [6.07, 6.45) is 0. The Hall–Kier alpha value is -1.22. The van der Waals surface area contributed by atoms with E-state index in [1.165, 1.54) is 12.1 Å². The number of phenols is 2. The lowest BCUT2D eigenvalue weighted by molar-refractivity contribution is 0.317. The van der Waals surface area contributed by atoms with Gasteiger partial charge in [0.2, 0.25) is 0 Å². The van der Waals surface area contributed by atoms with Crippen molar-refractivity contribution in [2.75, 3.05) is 0 Å². The van der Waals surface area contributed by atoms with Crippen molar-refractivity contribution in [2.24, 2.45) is 11.1 Å². The third-order valence-corrected chi connectivity index (χ3v) is 2.28. The molecule has 1 aromatic rings. The lowest BCUT2D eigenvalue weighted by Crippen LogP contribution is -2.26. The van der Waals surface area contributed by atoms with Gasteiger partial charge in [0.15, 0.2) is 0 Å². The molecule has 0 amide bonds. The predicted molar refractivity (Wildman–Crippen MR) is 56.2 cm³/mol. The molecule has 0 radical (unpaired) electrons. The fourth-order valence-electron chi connectivity index (χ4n) is 1.26. The standard InChI is InChI=1S/C11H17NO2/c1-11(2,3)10(12)8-5-4-7(13)6-9(8)14/h4-6,10,13-14H,12H2,1-3H3. The van der Waals surface area contributed by atoms with Crippen molar-refractivity contribution in [3.05, 3.63) is 23.8 Å². The van der Waals surface area contributed by atoms with Crippen LogP contribution in [0.15, 0.2) is 18.2 Å². The third kappa shape index (κ3) is 2.17. The summed E-state index contributed by atoms with van der Waals surface area (Å²) in [7, 11) is 0. The maximum Gasteiger partial charge on any atom is 0.124 e. The molecule has 0 aromatic heterocycles. The molecule has 1 aromatic carbocycles. The molecule has 0 saturated heterocycles. The number of aromatic hydroxyl groups is 2. The van der Waals surface area contributed by atoms with Crippen LogP contribution in [0.3, 0.4) is 0 Å². The summed E-state index contributed by atoms with van der Waals surface area (Å²) in [6.45, 7) is 6.01. The van der Waals surface area contributed by atoms with Crippen LogP contribution < -0.4 is 5.73 Å². The van der Waals surface area contributed by atoms with E-state index in [4.69, 9.17) is 10.8 Å². The van der Waals surface area contributed by atoms with Crippen LogP contribution in [-0.4, -0.2) is 10.2 Å². The van der Waals surface area contributed by atoms with E-state index in [1.807, 2.05) is 20.8 Å². The van der Waals surface area contributed by atoms with Crippen LogP contribution in [0.5, 0.6) is 11.5 Å². The summed E-state index contributed by atoms with van der Waals surface area (Å²) >= 11 is 0. The van der Waals surface area contributed by atoms with Crippen molar-refractivity contribution in [3.8, 4) is 11.5 Å². The molecule has 0 saturated carbocycles. The second kappa shape index (κ2) is 3.50. The zero-order valence-electron chi connectivity index (χ0n) is 8.78. The molecule has 1 unspecified atom stereocenters. The van der Waals surface area contributed by atoms with Crippen LogP contribution in [-0.2, 0) is 0 Å². The molecule has 1 atom stereocenters. The highest BCUT2D eigenvalue weighted by molar-refractivity contribution is 5.41. The molecular weight excluding hydrogens is 178 g/mol. The van der Waals surface area contributed by atoms with Crippen LogP contribution in [0.25, 0.3) is 0 Å². The van der Waals surface area contributed by atoms with Gasteiger partial charge in [-0.25, -0.2) is 0 Å². The Morgan fingerprint density at radius 3 is 2.21 bits per heavy atom. The molecule has 0 spiro atoms. The van der Waals surface area contributed by atoms with E-state index in [-0.39, 0.29) is 23.0 Å². The molecule has 0 bridgehead atoms. The van der Waals surface area contributed by atoms with E-state index in [2.05, 4.69) is 0 Å². The Bertz CT molecular complexity index is 329. The maximum absolute atomic E-state index is 9.59. The van der Waals surface area contributed by atoms with E-state index in [0.717, 1.165) is 0 Å². The highest BCUT2D eigenvalue weighted by Gasteiger charge is 2.24. The molecule has 0 aliphatic rings. The van der Waals surface area contributed by atoms with Crippen molar-refractivity contribution in [1.82, 2.24) is 0 Å². The third-order valence-electron chi connectivity index (χ3n) is 2.28. The summed E-state index contributed by atoms with van der Waals surface area (Å²) in [5, 5.41) is 18.7. The van der Waals surface area contributed by atoms with Crippen molar-refractivity contribution < 1.29 is 10.2 Å². The van der Waals surface area contributed by atoms with Gasteiger partial charge in [-0.1, -0.05) is 26.8 Å². The lowest BCUT2D eigenvalue weighted by atomic mass is 9.83. The second-order valence-electron chi connectivity index (χ2n) is 4.59. The average Bonchev–Trinajstić information content (AvgIpc) is 2.01. The van der Waals surface area contributed by atoms with Gasteiger partial charge in [0, 0.05) is 17.7 Å². The SMILES string of the molecule is CC(C)(C)C(N)c1ccc(O)cc1O. The van der Waals surface area contributed by atoms with Crippen LogP contribution in [0, 0.1) is 5.41 Å². The van der Waals surface area contributed by atoms with Gasteiger partial charge >= 0.3 is 0 Å². The Morgan fingerprint density at radius 2 is 1.79 bits per heavy atom. The minimum Gasteiger partial charge on any atom is -0.508 e. The Balaban J connectivity index is 3.08. The molecule has 4 N–H and O–H groups in total. The van der Waals surface area contributed by atoms with Crippen LogP contribution in [0.4, 0.5) is 0 Å². The zero-order valence-corrected chi connectivity index (χ0v) is 8.78. The first-order chi connectivity index (χ1) is 6.32. The maximum atomic E-state index is 9.59. The summed E-state index contributed by atoms with van der Waals surface area (Å²) in [6, 6.07) is 4.24. The summed E-state index contributed by atoms with van der Waals surface area (Å²) in [5.74, 6) is 0.0970. The largest absolute Gasteiger partial charge is 0.508 e. The highest BCUT2D eigenvalue weighted by atomic mass is 16.3. The molecule has 14 heavy (non-hydrogen) atoms. The van der Waals surface area contributed by atoms with Gasteiger partial charge in [-0.05, 0) is 11.5 Å². The Labute approximate surface area is 84.2 Å². The fourth-order valence-corrected chi connectivity index (χ4v) is 1.26. The van der Waals surface area contributed by atoms with Crippen molar-refractivity contribution in [2.45, 2.75) is 26.8 Å². The van der Waals surface area contributed by atoms with E-state index in [9.17, 15) is 5.11 Å². The topological polar surface area (TPSA) is 66.5 Å². The molecular formula is C11H17NO2. The van der Waals surface area contributed by atoms with Gasteiger partial charge in [-0.2, -0.15) is 0 Å². The molecule has 0 aliphatic heterocycles. The average molecular weight is 195 g/mol. The van der Waals surface area contributed by atoms with Crippen molar-refractivity contribution >= 4 is 0 Å². The predicted octanol–water partition coefficient (Wildman–Crippen LogP) is 2.14. The minimum absolute atomic E-state index is 0.0485. The van der Waals surface area contributed by atoms with E-state index < -0.39 is 0 Å². The quantitative estimate of drug-likeness (QED) is 0.643. The van der Waals surface area contributed by atoms with Crippen LogP contribution in [0.2, 0.25) is 0 Å². The number of benzene rings is 1. The molecule has 3 heteroatoms. The first kappa shape index (κ1) is 10.9. The lowest BCUT2D eigenvalue weighted by Gasteiger charge is -2.27. The minimum atomic E-state index is -0.247. The normalized spacial score (nSPS) is 14.0. The first-order valence-corrected chi connectivity index (χ1v) is 4.60. The molecule has 0 heterocycles. The number of hydrogen-bond acceptors (Lipinski definition) is 3. The van der Waals surface area contributed by atoms with Gasteiger partial charge in [-0.15, -0.1) is 0 Å². The summed E-state index contributed by atoms with van der Waals surface area (Å²) < 4.78 is 0. The Kier molecular flexibility index (Phi) is 2.71. The van der Waals surface area contributed by atoms with Crippen LogP contribution in [0.1, 0.15) is 32.4 Å². The molecule has 3 nitrogen and oxygen atoms in total. The van der Waals surface area contributed by atoms with Gasteiger partial charge in [0.1, 0.15) is 11.5 Å². The van der Waals surface area contributed by atoms with E-state index >= 15 is 0 Å². The number of rotatable bonds is 1. The summed E-state index contributed by atoms with van der Waals surface area (Å²) in [4.78, 5) is 0. The summed E-state index contributed by atoms with van der Waals surface area (Å²) in [5.41, 5.74) is 6.53. The highest BCUT2D eigenvalue weighted by Crippen LogP contribution is 2.36. The van der Waals surface area contributed by atoms with Crippen LogP contribution >= 0.6 is 0 Å². The fraction of sp³-hybridized carbons (Fsp3) is 0.455. The molecule has 0 aliphatic carbocycles. The van der Waals surface area contributed by atoms with Gasteiger partial charge in [-0.3, -0.25) is 0 Å². The zero-order chi connectivity index (χ0) is 10.9. The van der Waals surface area contributed by atoms with Gasteiger partial charge < -0.3 is 15.9 Å². The monoisotopic (exact) mass is 195 g/mol. The van der Waals surface area contributed by atoms with E-state index in [1.54, 1.807) is 6.07 Å². The smallest absolute Gasteiger partial charge is 0.124 e. The number of hydrogen-bond donors (Lipinski definition) is 3. The Morgan fingerprint density at radius 1 is 1.21 bits per heavy atom. The molecule has 78 valence electrons. The van der Waals surface area contributed by atoms with E-state index in [0.29, 0.717) is 5.56 Å². The first-order valence-electron chi connectivity index (χ1n) is 4.60. The molecule has 1 rings (SSSR count). The van der Waals surface area contributed by atoms with Crippen molar-refractivity contribution in [3.63, 3.8) is 0 Å². The second-order valence-corrected chi connectivity index (χ2v) is 4.59. The number of phenolic OH excluding ortho intramolecular Hbond substituents is 2. The molecule has 0 fully saturated rings. The van der Waals surface area contributed by atoms with Gasteiger partial charge in [0.05, 0.1) is 0 Å².